The van der Waals surface area contributed by atoms with Crippen molar-refractivity contribution in [3.05, 3.63) is 53.6 Å². The van der Waals surface area contributed by atoms with Crippen LogP contribution in [0.25, 0.3) is 0 Å². The molecule has 0 atom stereocenters. The highest BCUT2D eigenvalue weighted by Gasteiger charge is 2.11. The highest BCUT2D eigenvalue weighted by molar-refractivity contribution is 6.07. The molecule has 0 unspecified atom stereocenters. The van der Waals surface area contributed by atoms with Gasteiger partial charge in [-0.3, -0.25) is 14.6 Å². The van der Waals surface area contributed by atoms with Crippen LogP contribution in [0.4, 0.5) is 15.8 Å². The number of carboxylic acids is 1. The number of aromatic nitrogens is 1. The molecule has 2 rings (SSSR count). The molecule has 21 heavy (non-hydrogen) atoms. The second kappa shape index (κ2) is 6.00. The lowest BCUT2D eigenvalue weighted by molar-refractivity contribution is -0.136. The monoisotopic (exact) mass is 289 g/mol. The van der Waals surface area contributed by atoms with Crippen molar-refractivity contribution in [3.63, 3.8) is 0 Å². The number of carboxylic acid groups (broad SMARTS) is 1. The van der Waals surface area contributed by atoms with Gasteiger partial charge in [-0.2, -0.15) is 0 Å². The average molecular weight is 289 g/mol. The first-order chi connectivity index (χ1) is 9.95. The first-order valence-corrected chi connectivity index (χ1v) is 5.99. The summed E-state index contributed by atoms with van der Waals surface area (Å²) in [4.78, 5) is 26.4. The standard InChI is InChI=1S/C14H12FN3O3/c15-8-1-4-12(16)11(5-8)14(21)18-10-3-2-9(17-7-10)6-13(19)20/h1-5,7H,6,16H2,(H,18,21)(H,19,20). The molecule has 0 aliphatic heterocycles. The number of rotatable bonds is 4. The summed E-state index contributed by atoms with van der Waals surface area (Å²) in [5, 5.41) is 11.1. The van der Waals surface area contributed by atoms with E-state index in [1.165, 1.54) is 24.4 Å². The smallest absolute Gasteiger partial charge is 0.309 e. The van der Waals surface area contributed by atoms with E-state index >= 15 is 0 Å². The highest BCUT2D eigenvalue weighted by Crippen LogP contribution is 2.16. The van der Waals surface area contributed by atoms with Crippen molar-refractivity contribution < 1.29 is 19.1 Å². The van der Waals surface area contributed by atoms with Crippen molar-refractivity contribution in [2.45, 2.75) is 6.42 Å². The van der Waals surface area contributed by atoms with E-state index < -0.39 is 17.7 Å². The predicted molar refractivity (Wildman–Crippen MR) is 74.3 cm³/mol. The highest BCUT2D eigenvalue weighted by atomic mass is 19.1. The number of nitrogens with zero attached hydrogens (tertiary/aromatic N) is 1. The predicted octanol–water partition coefficient (Wildman–Crippen LogP) is 1.68. The van der Waals surface area contributed by atoms with E-state index in [9.17, 15) is 14.0 Å². The summed E-state index contributed by atoms with van der Waals surface area (Å²) in [5.74, 6) is -2.13. The molecule has 0 radical (unpaired) electrons. The number of benzene rings is 1. The number of hydrogen-bond donors (Lipinski definition) is 3. The largest absolute Gasteiger partial charge is 0.481 e. The molecule has 0 aliphatic carbocycles. The molecule has 2 aromatic rings. The second-order valence-electron chi connectivity index (χ2n) is 4.29. The lowest BCUT2D eigenvalue weighted by atomic mass is 10.1. The molecule has 7 heteroatoms. The van der Waals surface area contributed by atoms with E-state index in [1.807, 2.05) is 0 Å². The quantitative estimate of drug-likeness (QED) is 0.743. The lowest BCUT2D eigenvalue weighted by Crippen LogP contribution is -2.14. The van der Waals surface area contributed by atoms with Crippen LogP contribution in [-0.2, 0) is 11.2 Å². The number of pyridine rings is 1. The number of aliphatic carboxylic acids is 1. The number of amides is 1. The van der Waals surface area contributed by atoms with Crippen molar-refractivity contribution >= 4 is 23.3 Å². The van der Waals surface area contributed by atoms with Gasteiger partial charge in [-0.1, -0.05) is 0 Å². The molecule has 4 N–H and O–H groups in total. The van der Waals surface area contributed by atoms with Crippen molar-refractivity contribution in [3.8, 4) is 0 Å². The van der Waals surface area contributed by atoms with Gasteiger partial charge < -0.3 is 16.2 Å². The molecule has 0 spiro atoms. The summed E-state index contributed by atoms with van der Waals surface area (Å²) < 4.78 is 13.1. The molecule has 1 heterocycles. The van der Waals surface area contributed by atoms with E-state index in [4.69, 9.17) is 10.8 Å². The fraction of sp³-hybridized carbons (Fsp3) is 0.0714. The number of halogens is 1. The fourth-order valence-corrected chi connectivity index (χ4v) is 1.68. The van der Waals surface area contributed by atoms with Crippen LogP contribution in [0.2, 0.25) is 0 Å². The van der Waals surface area contributed by atoms with Gasteiger partial charge in [0.2, 0.25) is 0 Å². The summed E-state index contributed by atoms with van der Waals surface area (Å²) in [6, 6.07) is 6.50. The van der Waals surface area contributed by atoms with Crippen LogP contribution in [0.3, 0.4) is 0 Å². The van der Waals surface area contributed by atoms with Gasteiger partial charge in [-0.25, -0.2) is 4.39 Å². The Labute approximate surface area is 119 Å². The van der Waals surface area contributed by atoms with Crippen LogP contribution in [0.15, 0.2) is 36.5 Å². The Kier molecular flexibility index (Phi) is 4.13. The zero-order chi connectivity index (χ0) is 15.4. The Morgan fingerprint density at radius 3 is 2.67 bits per heavy atom. The van der Waals surface area contributed by atoms with E-state index in [1.54, 1.807) is 0 Å². The van der Waals surface area contributed by atoms with Crippen molar-refractivity contribution in [2.24, 2.45) is 0 Å². The third kappa shape index (κ3) is 3.75. The van der Waals surface area contributed by atoms with Gasteiger partial charge >= 0.3 is 5.97 Å². The maximum Gasteiger partial charge on any atom is 0.309 e. The van der Waals surface area contributed by atoms with Gasteiger partial charge in [0.25, 0.3) is 5.91 Å². The molecule has 0 saturated carbocycles. The molecule has 0 bridgehead atoms. The van der Waals surface area contributed by atoms with Crippen LogP contribution in [0.1, 0.15) is 16.1 Å². The maximum absolute atomic E-state index is 13.1. The Morgan fingerprint density at radius 1 is 1.29 bits per heavy atom. The number of hydrogen-bond acceptors (Lipinski definition) is 4. The molecular weight excluding hydrogens is 277 g/mol. The first-order valence-electron chi connectivity index (χ1n) is 5.99. The number of nitrogen functional groups attached to an aromatic ring is 1. The number of carbonyl (C=O) groups is 2. The van der Waals surface area contributed by atoms with Gasteiger partial charge in [-0.05, 0) is 30.3 Å². The van der Waals surface area contributed by atoms with Crippen LogP contribution in [0.5, 0.6) is 0 Å². The van der Waals surface area contributed by atoms with Crippen molar-refractivity contribution in [2.75, 3.05) is 11.1 Å². The maximum atomic E-state index is 13.1. The Bertz CT molecular complexity index is 686. The summed E-state index contributed by atoms with van der Waals surface area (Å²) in [6.07, 6.45) is 1.12. The number of anilines is 2. The van der Waals surface area contributed by atoms with E-state index in [2.05, 4.69) is 10.3 Å². The topological polar surface area (TPSA) is 105 Å². The molecule has 1 aromatic carbocycles. The minimum atomic E-state index is -0.994. The van der Waals surface area contributed by atoms with E-state index in [0.717, 1.165) is 12.1 Å². The zero-order valence-corrected chi connectivity index (χ0v) is 10.8. The summed E-state index contributed by atoms with van der Waals surface area (Å²) in [6.45, 7) is 0. The minimum Gasteiger partial charge on any atom is -0.481 e. The van der Waals surface area contributed by atoms with Gasteiger partial charge in [0, 0.05) is 5.69 Å². The number of nitrogens with two attached hydrogens (primary N) is 1. The van der Waals surface area contributed by atoms with E-state index in [0.29, 0.717) is 11.4 Å². The van der Waals surface area contributed by atoms with Gasteiger partial charge in [0.1, 0.15) is 5.82 Å². The van der Waals surface area contributed by atoms with Crippen molar-refractivity contribution in [1.29, 1.82) is 0 Å². The normalized spacial score (nSPS) is 10.1. The Hall–Kier alpha value is -2.96. The average Bonchev–Trinajstić information content (AvgIpc) is 2.43. The van der Waals surface area contributed by atoms with Crippen LogP contribution in [-0.4, -0.2) is 22.0 Å². The Morgan fingerprint density at radius 2 is 2.05 bits per heavy atom. The number of nitrogens with one attached hydrogen (secondary N) is 1. The third-order valence-corrected chi connectivity index (χ3v) is 2.67. The van der Waals surface area contributed by atoms with Gasteiger partial charge in [0.05, 0.1) is 29.6 Å². The van der Waals surface area contributed by atoms with Crippen LogP contribution >= 0.6 is 0 Å². The molecule has 0 aliphatic rings. The molecule has 1 amide bonds. The number of carbonyl (C=O) groups excluding carboxylic acids is 1. The molecule has 6 nitrogen and oxygen atoms in total. The Balaban J connectivity index is 2.12. The van der Waals surface area contributed by atoms with Crippen molar-refractivity contribution in [1.82, 2.24) is 4.98 Å². The second-order valence-corrected chi connectivity index (χ2v) is 4.29. The summed E-state index contributed by atoms with van der Waals surface area (Å²) in [7, 11) is 0. The summed E-state index contributed by atoms with van der Waals surface area (Å²) in [5.41, 5.74) is 6.52. The molecule has 1 aromatic heterocycles. The zero-order valence-electron chi connectivity index (χ0n) is 10.8. The summed E-state index contributed by atoms with van der Waals surface area (Å²) >= 11 is 0. The van der Waals surface area contributed by atoms with Crippen LogP contribution < -0.4 is 11.1 Å². The third-order valence-electron chi connectivity index (χ3n) is 2.67. The first kappa shape index (κ1) is 14.4. The molecule has 0 saturated heterocycles. The van der Waals surface area contributed by atoms with E-state index in [-0.39, 0.29) is 17.7 Å². The fourth-order valence-electron chi connectivity index (χ4n) is 1.68. The molecule has 108 valence electrons. The molecular formula is C14H12FN3O3. The van der Waals surface area contributed by atoms with Gasteiger partial charge in [0.15, 0.2) is 0 Å². The SMILES string of the molecule is Nc1ccc(F)cc1C(=O)Nc1ccc(CC(=O)O)nc1. The van der Waals surface area contributed by atoms with Gasteiger partial charge in [-0.15, -0.1) is 0 Å². The van der Waals surface area contributed by atoms with Crippen LogP contribution in [0, 0.1) is 5.82 Å². The molecule has 0 fully saturated rings. The minimum absolute atomic E-state index is 0.0182. The lowest BCUT2D eigenvalue weighted by Gasteiger charge is -2.07.